The van der Waals surface area contributed by atoms with Crippen molar-refractivity contribution in [3.8, 4) is 0 Å². The Morgan fingerprint density at radius 1 is 1.08 bits per heavy atom. The predicted molar refractivity (Wildman–Crippen MR) is 49.1 cm³/mol. The van der Waals surface area contributed by atoms with Gasteiger partial charge in [0.05, 0.1) is 13.2 Å². The van der Waals surface area contributed by atoms with Crippen LogP contribution in [0.25, 0.3) is 0 Å². The second kappa shape index (κ2) is 4.83. The van der Waals surface area contributed by atoms with Gasteiger partial charge >= 0.3 is 0 Å². The Balaban J connectivity index is 2.48. The zero-order valence-electron chi connectivity index (χ0n) is 8.27. The Morgan fingerprint density at radius 2 is 1.67 bits per heavy atom. The molecular formula is C10H20O2. The van der Waals surface area contributed by atoms with E-state index in [1.54, 1.807) is 0 Å². The van der Waals surface area contributed by atoms with Crippen molar-refractivity contribution in [3.63, 3.8) is 0 Å². The maximum Gasteiger partial charge on any atom is 0.167 e. The molecule has 1 aliphatic heterocycles. The fourth-order valence-corrected chi connectivity index (χ4v) is 1.67. The molecule has 1 saturated heterocycles. The summed E-state index contributed by atoms with van der Waals surface area (Å²) in [5.74, 6) is -0.245. The van der Waals surface area contributed by atoms with Crippen LogP contribution in [-0.4, -0.2) is 19.0 Å². The highest BCUT2D eigenvalue weighted by molar-refractivity contribution is 4.69. The topological polar surface area (TPSA) is 18.5 Å². The van der Waals surface area contributed by atoms with Crippen molar-refractivity contribution in [2.24, 2.45) is 0 Å². The van der Waals surface area contributed by atoms with Gasteiger partial charge in [-0.2, -0.15) is 0 Å². The highest BCUT2D eigenvalue weighted by Crippen LogP contribution is 2.26. The third-order valence-electron chi connectivity index (χ3n) is 2.44. The molecule has 2 nitrogen and oxygen atoms in total. The van der Waals surface area contributed by atoms with Crippen LogP contribution < -0.4 is 0 Å². The van der Waals surface area contributed by atoms with Crippen molar-refractivity contribution < 1.29 is 9.47 Å². The molecule has 0 bridgehead atoms. The smallest absolute Gasteiger partial charge is 0.167 e. The van der Waals surface area contributed by atoms with Crippen molar-refractivity contribution in [1.82, 2.24) is 0 Å². The molecule has 12 heavy (non-hydrogen) atoms. The summed E-state index contributed by atoms with van der Waals surface area (Å²) in [6.45, 7) is 6.05. The van der Waals surface area contributed by atoms with E-state index in [9.17, 15) is 0 Å². The average Bonchev–Trinajstić information content (AvgIpc) is 2.32. The molecule has 0 amide bonds. The molecule has 0 spiro atoms. The third kappa shape index (κ3) is 2.46. The number of ether oxygens (including phenoxy) is 2. The Labute approximate surface area is 75.2 Å². The monoisotopic (exact) mass is 172 g/mol. The van der Waals surface area contributed by atoms with Crippen LogP contribution in [-0.2, 0) is 9.47 Å². The SMILES string of the molecule is CCCC1(CC)OCCCCO1. The zero-order valence-corrected chi connectivity index (χ0v) is 8.27. The van der Waals surface area contributed by atoms with Gasteiger partial charge in [-0.25, -0.2) is 0 Å². The molecule has 2 heteroatoms. The lowest BCUT2D eigenvalue weighted by Gasteiger charge is -2.30. The number of rotatable bonds is 3. The van der Waals surface area contributed by atoms with Gasteiger partial charge in [-0.3, -0.25) is 0 Å². The van der Waals surface area contributed by atoms with Crippen LogP contribution >= 0.6 is 0 Å². The van der Waals surface area contributed by atoms with Crippen LogP contribution in [0.3, 0.4) is 0 Å². The Morgan fingerprint density at radius 3 is 2.08 bits per heavy atom. The lowest BCUT2D eigenvalue weighted by Crippen LogP contribution is -2.34. The van der Waals surface area contributed by atoms with Gasteiger partial charge in [0.15, 0.2) is 5.79 Å². The molecule has 0 saturated carbocycles. The maximum absolute atomic E-state index is 5.76. The summed E-state index contributed by atoms with van der Waals surface area (Å²) in [5, 5.41) is 0. The fraction of sp³-hybridized carbons (Fsp3) is 1.00. The second-order valence-electron chi connectivity index (χ2n) is 3.42. The first kappa shape index (κ1) is 10.0. The van der Waals surface area contributed by atoms with Crippen molar-refractivity contribution >= 4 is 0 Å². The molecule has 0 radical (unpaired) electrons. The standard InChI is InChI=1S/C10H20O2/c1-3-7-10(4-2)11-8-5-6-9-12-10/h3-9H2,1-2H3. The first-order valence-corrected chi connectivity index (χ1v) is 5.11. The van der Waals surface area contributed by atoms with E-state index in [0.717, 1.165) is 45.3 Å². The van der Waals surface area contributed by atoms with Crippen LogP contribution in [0.4, 0.5) is 0 Å². The van der Waals surface area contributed by atoms with Crippen LogP contribution in [0.1, 0.15) is 46.0 Å². The van der Waals surface area contributed by atoms with E-state index >= 15 is 0 Å². The van der Waals surface area contributed by atoms with Gasteiger partial charge in [-0.1, -0.05) is 20.3 Å². The Bertz CT molecular complexity index is 115. The third-order valence-corrected chi connectivity index (χ3v) is 2.44. The highest BCUT2D eigenvalue weighted by Gasteiger charge is 2.30. The Hall–Kier alpha value is -0.0800. The Kier molecular flexibility index (Phi) is 4.02. The van der Waals surface area contributed by atoms with Crippen LogP contribution in [0.2, 0.25) is 0 Å². The molecule has 0 aromatic carbocycles. The van der Waals surface area contributed by atoms with Gasteiger partial charge in [0, 0.05) is 6.42 Å². The summed E-state index contributed by atoms with van der Waals surface area (Å²) in [5.41, 5.74) is 0. The molecule has 1 heterocycles. The van der Waals surface area contributed by atoms with E-state index in [4.69, 9.17) is 9.47 Å². The van der Waals surface area contributed by atoms with Gasteiger partial charge in [0.2, 0.25) is 0 Å². The fourth-order valence-electron chi connectivity index (χ4n) is 1.67. The van der Waals surface area contributed by atoms with Crippen LogP contribution in [0, 0.1) is 0 Å². The molecule has 0 aromatic rings. The lowest BCUT2D eigenvalue weighted by atomic mass is 10.1. The number of hydrogen-bond donors (Lipinski definition) is 0. The normalized spacial score (nSPS) is 23.5. The van der Waals surface area contributed by atoms with Gasteiger partial charge in [-0.05, 0) is 19.3 Å². The van der Waals surface area contributed by atoms with Crippen molar-refractivity contribution in [2.75, 3.05) is 13.2 Å². The summed E-state index contributed by atoms with van der Waals surface area (Å²) in [4.78, 5) is 0. The predicted octanol–water partition coefficient (Wildman–Crippen LogP) is 2.72. The van der Waals surface area contributed by atoms with Crippen LogP contribution in [0.5, 0.6) is 0 Å². The lowest BCUT2D eigenvalue weighted by molar-refractivity contribution is -0.230. The van der Waals surface area contributed by atoms with Gasteiger partial charge in [0.25, 0.3) is 0 Å². The van der Waals surface area contributed by atoms with Gasteiger partial charge < -0.3 is 9.47 Å². The maximum atomic E-state index is 5.76. The molecule has 1 fully saturated rings. The highest BCUT2D eigenvalue weighted by atomic mass is 16.7. The zero-order chi connectivity index (χ0) is 8.86. The summed E-state index contributed by atoms with van der Waals surface area (Å²) in [6.07, 6.45) is 5.43. The molecule has 1 aliphatic rings. The second-order valence-corrected chi connectivity index (χ2v) is 3.42. The minimum Gasteiger partial charge on any atom is -0.350 e. The summed E-state index contributed by atoms with van der Waals surface area (Å²) in [6, 6.07) is 0. The van der Waals surface area contributed by atoms with E-state index in [1.165, 1.54) is 0 Å². The molecule has 72 valence electrons. The van der Waals surface area contributed by atoms with Crippen molar-refractivity contribution in [2.45, 2.75) is 51.7 Å². The van der Waals surface area contributed by atoms with E-state index in [2.05, 4.69) is 13.8 Å². The molecule has 0 atom stereocenters. The molecular weight excluding hydrogens is 152 g/mol. The summed E-state index contributed by atoms with van der Waals surface area (Å²) < 4.78 is 11.5. The first-order chi connectivity index (χ1) is 5.83. The van der Waals surface area contributed by atoms with E-state index in [1.807, 2.05) is 0 Å². The summed E-state index contributed by atoms with van der Waals surface area (Å²) in [7, 11) is 0. The molecule has 1 rings (SSSR count). The van der Waals surface area contributed by atoms with Gasteiger partial charge in [0.1, 0.15) is 0 Å². The first-order valence-electron chi connectivity index (χ1n) is 5.11. The molecule has 0 N–H and O–H groups in total. The van der Waals surface area contributed by atoms with Gasteiger partial charge in [-0.15, -0.1) is 0 Å². The average molecular weight is 172 g/mol. The van der Waals surface area contributed by atoms with Crippen molar-refractivity contribution in [1.29, 1.82) is 0 Å². The van der Waals surface area contributed by atoms with E-state index in [0.29, 0.717) is 0 Å². The molecule has 0 aromatic heterocycles. The van der Waals surface area contributed by atoms with Crippen molar-refractivity contribution in [3.05, 3.63) is 0 Å². The van der Waals surface area contributed by atoms with E-state index < -0.39 is 0 Å². The minimum atomic E-state index is -0.245. The largest absolute Gasteiger partial charge is 0.350 e. The van der Waals surface area contributed by atoms with Crippen LogP contribution in [0.15, 0.2) is 0 Å². The molecule has 0 aliphatic carbocycles. The minimum absolute atomic E-state index is 0.245. The summed E-state index contributed by atoms with van der Waals surface area (Å²) >= 11 is 0. The quantitative estimate of drug-likeness (QED) is 0.651. The number of hydrogen-bond acceptors (Lipinski definition) is 2. The van der Waals surface area contributed by atoms with E-state index in [-0.39, 0.29) is 5.79 Å². The molecule has 0 unspecified atom stereocenters.